The van der Waals surface area contributed by atoms with Gasteiger partial charge in [0.25, 0.3) is 0 Å². The molecule has 0 aliphatic rings. The SMILES string of the molecule is CCOc1cc(CC=O)nc(C(F)(F)F)n1. The minimum atomic E-state index is -4.65. The molecule has 0 fully saturated rings. The molecule has 1 aromatic rings. The van der Waals surface area contributed by atoms with E-state index in [9.17, 15) is 18.0 Å². The maximum atomic E-state index is 12.4. The van der Waals surface area contributed by atoms with Crippen LogP contribution in [0, 0.1) is 0 Å². The summed E-state index contributed by atoms with van der Waals surface area (Å²) in [5, 5.41) is 0. The van der Waals surface area contributed by atoms with Crippen LogP contribution in [0.25, 0.3) is 0 Å². The number of halogens is 3. The lowest BCUT2D eigenvalue weighted by Crippen LogP contribution is -2.14. The molecule has 1 rings (SSSR count). The van der Waals surface area contributed by atoms with Gasteiger partial charge in [0.15, 0.2) is 0 Å². The Morgan fingerprint density at radius 3 is 2.62 bits per heavy atom. The van der Waals surface area contributed by atoms with E-state index in [0.29, 0.717) is 6.29 Å². The van der Waals surface area contributed by atoms with Crippen LogP contribution in [-0.2, 0) is 17.4 Å². The lowest BCUT2D eigenvalue weighted by atomic mass is 10.3. The van der Waals surface area contributed by atoms with E-state index in [-0.39, 0.29) is 24.6 Å². The first-order valence-corrected chi connectivity index (χ1v) is 4.49. The zero-order valence-electron chi connectivity index (χ0n) is 8.41. The van der Waals surface area contributed by atoms with Crippen LogP contribution in [0.1, 0.15) is 18.4 Å². The fraction of sp³-hybridized carbons (Fsp3) is 0.444. The number of hydrogen-bond acceptors (Lipinski definition) is 4. The molecule has 0 radical (unpaired) electrons. The Morgan fingerprint density at radius 1 is 1.44 bits per heavy atom. The Balaban J connectivity index is 3.13. The van der Waals surface area contributed by atoms with E-state index in [0.717, 1.165) is 0 Å². The van der Waals surface area contributed by atoms with E-state index in [1.807, 2.05) is 0 Å². The molecular formula is C9H9F3N2O2. The highest BCUT2D eigenvalue weighted by atomic mass is 19.4. The Morgan fingerprint density at radius 2 is 2.12 bits per heavy atom. The van der Waals surface area contributed by atoms with Crippen LogP contribution in [0.5, 0.6) is 5.88 Å². The lowest BCUT2D eigenvalue weighted by molar-refractivity contribution is -0.145. The van der Waals surface area contributed by atoms with Crippen molar-refractivity contribution in [1.82, 2.24) is 9.97 Å². The highest BCUT2D eigenvalue weighted by Crippen LogP contribution is 2.27. The van der Waals surface area contributed by atoms with Crippen molar-refractivity contribution >= 4 is 6.29 Å². The van der Waals surface area contributed by atoms with Gasteiger partial charge in [-0.05, 0) is 6.92 Å². The normalized spacial score (nSPS) is 11.2. The van der Waals surface area contributed by atoms with E-state index in [2.05, 4.69) is 9.97 Å². The van der Waals surface area contributed by atoms with Crippen LogP contribution >= 0.6 is 0 Å². The smallest absolute Gasteiger partial charge is 0.451 e. The third-order valence-electron chi connectivity index (χ3n) is 1.59. The van der Waals surface area contributed by atoms with Gasteiger partial charge in [0.05, 0.1) is 12.3 Å². The Labute approximate surface area is 89.5 Å². The van der Waals surface area contributed by atoms with Crippen LogP contribution < -0.4 is 4.74 Å². The van der Waals surface area contributed by atoms with Gasteiger partial charge in [0, 0.05) is 12.5 Å². The van der Waals surface area contributed by atoms with Crippen molar-refractivity contribution in [3.63, 3.8) is 0 Å². The molecule has 0 unspecified atom stereocenters. The number of carbonyl (C=O) groups excluding carboxylic acids is 1. The van der Waals surface area contributed by atoms with E-state index < -0.39 is 12.0 Å². The van der Waals surface area contributed by atoms with Crippen molar-refractivity contribution in [2.45, 2.75) is 19.5 Å². The summed E-state index contributed by atoms with van der Waals surface area (Å²) in [5.74, 6) is -1.48. The molecular weight excluding hydrogens is 225 g/mol. The highest BCUT2D eigenvalue weighted by Gasteiger charge is 2.35. The Bertz CT molecular complexity index is 380. The molecule has 88 valence electrons. The number of rotatable bonds is 4. The largest absolute Gasteiger partial charge is 0.478 e. The number of aromatic nitrogens is 2. The van der Waals surface area contributed by atoms with Crippen molar-refractivity contribution in [2.75, 3.05) is 6.61 Å². The third kappa shape index (κ3) is 3.18. The summed E-state index contributed by atoms with van der Waals surface area (Å²) in [7, 11) is 0. The number of nitrogens with zero attached hydrogens (tertiary/aromatic N) is 2. The van der Waals surface area contributed by atoms with Crippen LogP contribution in [0.2, 0.25) is 0 Å². The first-order chi connectivity index (χ1) is 7.47. The minimum absolute atomic E-state index is 0.0132. The molecule has 0 aromatic carbocycles. The van der Waals surface area contributed by atoms with Crippen molar-refractivity contribution in [3.05, 3.63) is 17.6 Å². The standard InChI is InChI=1S/C9H9F3N2O2/c1-2-16-7-5-6(3-4-15)13-8(14-7)9(10,11)12/h4-5H,2-3H2,1H3. The van der Waals surface area contributed by atoms with Crippen LogP contribution in [-0.4, -0.2) is 22.9 Å². The van der Waals surface area contributed by atoms with Gasteiger partial charge < -0.3 is 9.53 Å². The quantitative estimate of drug-likeness (QED) is 0.743. The van der Waals surface area contributed by atoms with E-state index in [1.54, 1.807) is 6.92 Å². The van der Waals surface area contributed by atoms with E-state index in [4.69, 9.17) is 4.74 Å². The van der Waals surface area contributed by atoms with Gasteiger partial charge in [0.1, 0.15) is 6.29 Å². The van der Waals surface area contributed by atoms with Gasteiger partial charge in [-0.15, -0.1) is 0 Å². The molecule has 0 saturated carbocycles. The first-order valence-electron chi connectivity index (χ1n) is 4.49. The monoisotopic (exact) mass is 234 g/mol. The second kappa shape index (κ2) is 4.91. The zero-order chi connectivity index (χ0) is 12.2. The highest BCUT2D eigenvalue weighted by molar-refractivity contribution is 5.53. The summed E-state index contributed by atoms with van der Waals surface area (Å²) in [4.78, 5) is 16.7. The molecule has 0 saturated heterocycles. The second-order valence-corrected chi connectivity index (χ2v) is 2.82. The van der Waals surface area contributed by atoms with Gasteiger partial charge in [-0.2, -0.15) is 18.2 Å². The van der Waals surface area contributed by atoms with Crippen molar-refractivity contribution in [3.8, 4) is 5.88 Å². The van der Waals surface area contributed by atoms with Crippen LogP contribution in [0.4, 0.5) is 13.2 Å². The van der Waals surface area contributed by atoms with Crippen molar-refractivity contribution in [2.24, 2.45) is 0 Å². The molecule has 0 aliphatic carbocycles. The van der Waals surface area contributed by atoms with Crippen molar-refractivity contribution in [1.29, 1.82) is 0 Å². The van der Waals surface area contributed by atoms with Crippen LogP contribution in [0.3, 0.4) is 0 Å². The Hall–Kier alpha value is -1.66. The van der Waals surface area contributed by atoms with E-state index in [1.165, 1.54) is 6.07 Å². The number of aldehydes is 1. The molecule has 0 atom stereocenters. The predicted molar refractivity (Wildman–Crippen MR) is 48.0 cm³/mol. The summed E-state index contributed by atoms with van der Waals surface area (Å²) in [6.07, 6.45) is -4.38. The number of carbonyl (C=O) groups is 1. The topological polar surface area (TPSA) is 52.1 Å². The maximum absolute atomic E-state index is 12.4. The molecule has 0 amide bonds. The van der Waals surface area contributed by atoms with Gasteiger partial charge in [-0.1, -0.05) is 0 Å². The molecule has 7 heteroatoms. The molecule has 0 spiro atoms. The molecule has 0 bridgehead atoms. The molecule has 1 heterocycles. The fourth-order valence-corrected chi connectivity index (χ4v) is 1.01. The van der Waals surface area contributed by atoms with Gasteiger partial charge in [-0.25, -0.2) is 4.98 Å². The molecule has 16 heavy (non-hydrogen) atoms. The second-order valence-electron chi connectivity index (χ2n) is 2.82. The lowest BCUT2D eigenvalue weighted by Gasteiger charge is -2.09. The number of alkyl halides is 3. The average Bonchev–Trinajstić information content (AvgIpc) is 2.17. The van der Waals surface area contributed by atoms with E-state index >= 15 is 0 Å². The first kappa shape index (κ1) is 12.4. The Kier molecular flexibility index (Phi) is 3.81. The predicted octanol–water partition coefficient (Wildman–Crippen LogP) is 1.64. The van der Waals surface area contributed by atoms with Gasteiger partial charge in [0.2, 0.25) is 11.7 Å². The molecule has 0 N–H and O–H groups in total. The summed E-state index contributed by atoms with van der Waals surface area (Å²) >= 11 is 0. The maximum Gasteiger partial charge on any atom is 0.451 e. The fourth-order valence-electron chi connectivity index (χ4n) is 1.01. The molecule has 1 aromatic heterocycles. The summed E-state index contributed by atoms with van der Waals surface area (Å²) < 4.78 is 41.9. The molecule has 4 nitrogen and oxygen atoms in total. The third-order valence-corrected chi connectivity index (χ3v) is 1.59. The summed E-state index contributed by atoms with van der Waals surface area (Å²) in [6.45, 7) is 1.81. The minimum Gasteiger partial charge on any atom is -0.478 e. The number of hydrogen-bond donors (Lipinski definition) is 0. The average molecular weight is 234 g/mol. The van der Waals surface area contributed by atoms with Gasteiger partial charge in [-0.3, -0.25) is 0 Å². The van der Waals surface area contributed by atoms with Gasteiger partial charge >= 0.3 is 6.18 Å². The number of ether oxygens (including phenoxy) is 1. The van der Waals surface area contributed by atoms with Crippen LogP contribution in [0.15, 0.2) is 6.07 Å². The molecule has 0 aliphatic heterocycles. The zero-order valence-corrected chi connectivity index (χ0v) is 8.41. The summed E-state index contributed by atoms with van der Waals surface area (Å²) in [5.41, 5.74) is -0.0132. The van der Waals surface area contributed by atoms with Crippen molar-refractivity contribution < 1.29 is 22.7 Å². The summed E-state index contributed by atoms with van der Waals surface area (Å²) in [6, 6.07) is 1.22.